The normalized spacial score (nSPS) is 10.2. The summed E-state index contributed by atoms with van der Waals surface area (Å²) in [6, 6.07) is 5.83. The molecule has 2 aromatic rings. The van der Waals surface area contributed by atoms with E-state index in [2.05, 4.69) is 5.16 Å². The van der Waals surface area contributed by atoms with Crippen molar-refractivity contribution in [3.05, 3.63) is 30.0 Å². The molecule has 1 aromatic heterocycles. The second-order valence-electron chi connectivity index (χ2n) is 3.27. The molecule has 0 aliphatic carbocycles. The molecule has 6 nitrogen and oxygen atoms in total. The highest BCUT2D eigenvalue weighted by Gasteiger charge is 2.13. The number of aromatic nitrogens is 1. The van der Waals surface area contributed by atoms with Crippen molar-refractivity contribution in [1.82, 2.24) is 5.16 Å². The number of benzene rings is 1. The minimum atomic E-state index is -1.16. The molecule has 0 fully saturated rings. The van der Waals surface area contributed by atoms with Gasteiger partial charge in [0.25, 0.3) is 0 Å². The van der Waals surface area contributed by atoms with Crippen LogP contribution in [-0.2, 0) is 0 Å². The number of phenolic OH excluding ortho intramolecular Hbond substituents is 1. The monoisotopic (exact) mass is 235 g/mol. The summed E-state index contributed by atoms with van der Waals surface area (Å²) in [5, 5.41) is 21.5. The van der Waals surface area contributed by atoms with Crippen LogP contribution in [-0.4, -0.2) is 28.4 Å². The molecule has 17 heavy (non-hydrogen) atoms. The highest BCUT2D eigenvalue weighted by Crippen LogP contribution is 2.31. The summed E-state index contributed by atoms with van der Waals surface area (Å²) >= 11 is 0. The number of aromatic carboxylic acids is 1. The zero-order valence-corrected chi connectivity index (χ0v) is 8.88. The average Bonchev–Trinajstić information content (AvgIpc) is 2.79. The van der Waals surface area contributed by atoms with Gasteiger partial charge in [-0.1, -0.05) is 5.16 Å². The Labute approximate surface area is 96.0 Å². The lowest BCUT2D eigenvalue weighted by Crippen LogP contribution is -1.94. The minimum absolute atomic E-state index is 0.00535. The first-order chi connectivity index (χ1) is 8.11. The quantitative estimate of drug-likeness (QED) is 0.841. The van der Waals surface area contributed by atoms with Crippen molar-refractivity contribution in [3.8, 4) is 22.8 Å². The summed E-state index contributed by atoms with van der Waals surface area (Å²) in [6.07, 6.45) is 0. The van der Waals surface area contributed by atoms with Gasteiger partial charge in [-0.05, 0) is 18.2 Å². The summed E-state index contributed by atoms with van der Waals surface area (Å²) in [4.78, 5) is 10.6. The number of carboxylic acid groups (broad SMARTS) is 1. The molecule has 0 unspecified atom stereocenters. The van der Waals surface area contributed by atoms with E-state index in [1.165, 1.54) is 25.3 Å². The van der Waals surface area contributed by atoms with Crippen molar-refractivity contribution >= 4 is 5.97 Å². The first-order valence-electron chi connectivity index (χ1n) is 4.69. The molecule has 0 spiro atoms. The van der Waals surface area contributed by atoms with Crippen molar-refractivity contribution in [3.63, 3.8) is 0 Å². The van der Waals surface area contributed by atoms with Gasteiger partial charge in [-0.15, -0.1) is 0 Å². The number of nitrogens with zero attached hydrogens (tertiary/aromatic N) is 1. The van der Waals surface area contributed by atoms with Gasteiger partial charge >= 0.3 is 5.97 Å². The fraction of sp³-hybridized carbons (Fsp3) is 0.0909. The zero-order chi connectivity index (χ0) is 12.4. The lowest BCUT2D eigenvalue weighted by molar-refractivity contribution is 0.0686. The van der Waals surface area contributed by atoms with Gasteiger partial charge in [0.1, 0.15) is 0 Å². The predicted molar refractivity (Wildman–Crippen MR) is 57.1 cm³/mol. The Morgan fingerprint density at radius 3 is 2.76 bits per heavy atom. The Hall–Kier alpha value is -2.50. The molecule has 2 N–H and O–H groups in total. The lowest BCUT2D eigenvalue weighted by Gasteiger charge is -2.03. The molecule has 0 aliphatic rings. The number of carboxylic acids is 1. The lowest BCUT2D eigenvalue weighted by atomic mass is 10.1. The standard InChI is InChI=1S/C11H9NO5/c1-16-10-4-6(2-3-8(10)13)9-5-7(11(14)15)12-17-9/h2-5,13H,1H3,(H,14,15). The van der Waals surface area contributed by atoms with Crippen molar-refractivity contribution in [1.29, 1.82) is 0 Å². The molecule has 6 heteroatoms. The molecule has 0 saturated heterocycles. The first-order valence-corrected chi connectivity index (χ1v) is 4.69. The van der Waals surface area contributed by atoms with Crippen LogP contribution in [0.1, 0.15) is 10.5 Å². The van der Waals surface area contributed by atoms with E-state index in [1.54, 1.807) is 6.07 Å². The maximum atomic E-state index is 10.6. The zero-order valence-electron chi connectivity index (χ0n) is 8.88. The van der Waals surface area contributed by atoms with E-state index in [0.29, 0.717) is 11.3 Å². The van der Waals surface area contributed by atoms with Crippen LogP contribution in [0.5, 0.6) is 11.5 Å². The van der Waals surface area contributed by atoms with Gasteiger partial charge in [-0.25, -0.2) is 4.79 Å². The van der Waals surface area contributed by atoms with E-state index in [-0.39, 0.29) is 17.2 Å². The van der Waals surface area contributed by atoms with Crippen LogP contribution in [0.4, 0.5) is 0 Å². The van der Waals surface area contributed by atoms with E-state index in [0.717, 1.165) is 0 Å². The first kappa shape index (κ1) is 11.0. The predicted octanol–water partition coefficient (Wildman–Crippen LogP) is 1.75. The molecule has 0 atom stereocenters. The third kappa shape index (κ3) is 2.05. The van der Waals surface area contributed by atoms with Gasteiger partial charge < -0.3 is 19.5 Å². The Bertz CT molecular complexity index is 561. The molecule has 1 heterocycles. The van der Waals surface area contributed by atoms with Gasteiger partial charge in [0.05, 0.1) is 7.11 Å². The maximum absolute atomic E-state index is 10.6. The summed E-state index contributed by atoms with van der Waals surface area (Å²) < 4.78 is 9.82. The molecule has 0 saturated carbocycles. The van der Waals surface area contributed by atoms with E-state index >= 15 is 0 Å². The molecule has 2 rings (SSSR count). The minimum Gasteiger partial charge on any atom is -0.504 e. The van der Waals surface area contributed by atoms with E-state index in [4.69, 9.17) is 14.4 Å². The molecule has 0 amide bonds. The number of carbonyl (C=O) groups is 1. The largest absolute Gasteiger partial charge is 0.504 e. The van der Waals surface area contributed by atoms with Crippen LogP contribution in [0, 0.1) is 0 Å². The Kier molecular flexibility index (Phi) is 2.70. The third-order valence-corrected chi connectivity index (χ3v) is 2.19. The molecule has 0 radical (unpaired) electrons. The number of ether oxygens (including phenoxy) is 1. The van der Waals surface area contributed by atoms with Crippen molar-refractivity contribution in [2.45, 2.75) is 0 Å². The topological polar surface area (TPSA) is 92.8 Å². The van der Waals surface area contributed by atoms with E-state index in [1.807, 2.05) is 0 Å². The molecule has 1 aromatic carbocycles. The second kappa shape index (κ2) is 4.17. The fourth-order valence-corrected chi connectivity index (χ4v) is 1.34. The van der Waals surface area contributed by atoms with Gasteiger partial charge in [0, 0.05) is 11.6 Å². The smallest absolute Gasteiger partial charge is 0.358 e. The Morgan fingerprint density at radius 2 is 2.18 bits per heavy atom. The van der Waals surface area contributed by atoms with Gasteiger partial charge in [-0.3, -0.25) is 0 Å². The Balaban J connectivity index is 2.42. The summed E-state index contributed by atoms with van der Waals surface area (Å²) in [5.74, 6) is -0.601. The van der Waals surface area contributed by atoms with Crippen LogP contribution in [0.15, 0.2) is 28.8 Å². The number of hydrogen-bond donors (Lipinski definition) is 2. The maximum Gasteiger partial charge on any atom is 0.358 e. The molecule has 0 aliphatic heterocycles. The molecule has 0 bridgehead atoms. The van der Waals surface area contributed by atoms with Gasteiger partial charge in [0.15, 0.2) is 23.0 Å². The summed E-state index contributed by atoms with van der Waals surface area (Å²) in [7, 11) is 1.42. The van der Waals surface area contributed by atoms with E-state index < -0.39 is 5.97 Å². The van der Waals surface area contributed by atoms with E-state index in [9.17, 15) is 9.90 Å². The number of aromatic hydroxyl groups is 1. The number of hydrogen-bond acceptors (Lipinski definition) is 5. The van der Waals surface area contributed by atoms with Gasteiger partial charge in [-0.2, -0.15) is 0 Å². The van der Waals surface area contributed by atoms with Gasteiger partial charge in [0.2, 0.25) is 0 Å². The SMILES string of the molecule is COc1cc(-c2cc(C(=O)O)no2)ccc1O. The van der Waals surface area contributed by atoms with Crippen LogP contribution in [0.3, 0.4) is 0 Å². The summed E-state index contributed by atoms with van der Waals surface area (Å²) in [6.45, 7) is 0. The highest BCUT2D eigenvalue weighted by atomic mass is 16.5. The fourth-order valence-electron chi connectivity index (χ4n) is 1.34. The van der Waals surface area contributed by atoms with Crippen molar-refractivity contribution in [2.75, 3.05) is 7.11 Å². The van der Waals surface area contributed by atoms with Crippen LogP contribution >= 0.6 is 0 Å². The van der Waals surface area contributed by atoms with Crippen LogP contribution in [0.2, 0.25) is 0 Å². The Morgan fingerprint density at radius 1 is 1.41 bits per heavy atom. The van der Waals surface area contributed by atoms with Crippen molar-refractivity contribution < 1.29 is 24.3 Å². The van der Waals surface area contributed by atoms with Crippen molar-refractivity contribution in [2.24, 2.45) is 0 Å². The average molecular weight is 235 g/mol. The van der Waals surface area contributed by atoms with Crippen LogP contribution in [0.25, 0.3) is 11.3 Å². The highest BCUT2D eigenvalue weighted by molar-refractivity contribution is 5.86. The van der Waals surface area contributed by atoms with Crippen LogP contribution < -0.4 is 4.74 Å². The molecule has 88 valence electrons. The third-order valence-electron chi connectivity index (χ3n) is 2.19. The number of rotatable bonds is 3. The second-order valence-corrected chi connectivity index (χ2v) is 3.27. The number of methoxy groups -OCH3 is 1. The summed E-state index contributed by atoms with van der Waals surface area (Å²) in [5.41, 5.74) is 0.395. The molecular weight excluding hydrogens is 226 g/mol. The molecular formula is C11H9NO5. The number of phenols is 1.